The molecule has 0 aromatic rings. The molecule has 0 aliphatic heterocycles. The largest absolute Gasteiger partial charge is 0.514 e. The first-order valence-electron chi connectivity index (χ1n) is 1.40. The van der Waals surface area contributed by atoms with Gasteiger partial charge in [-0.2, -0.15) is 0 Å². The molecule has 0 fully saturated rings. The Hall–Kier alpha value is -0.990. The van der Waals surface area contributed by atoms with Crippen LogP contribution in [0.1, 0.15) is 0 Å². The molecular formula is C3H5NO2. The van der Waals surface area contributed by atoms with Gasteiger partial charge in [0, 0.05) is 6.20 Å². The molecule has 2 N–H and O–H groups in total. The molecule has 0 aromatic carbocycles. The molecule has 1 amide bonds. The van der Waals surface area contributed by atoms with Gasteiger partial charge >= 0.3 is 0 Å². The monoisotopic (exact) mass is 87.0 g/mol. The molecule has 0 aliphatic carbocycles. The maximum absolute atomic E-state index is 9.29. The second kappa shape index (κ2) is 4.01. The van der Waals surface area contributed by atoms with Gasteiger partial charge in [-0.15, -0.1) is 0 Å². The van der Waals surface area contributed by atoms with E-state index in [0.29, 0.717) is 6.41 Å². The molecule has 0 saturated carbocycles. The zero-order chi connectivity index (χ0) is 4.83. The Kier molecular flexibility index (Phi) is 3.35. The highest BCUT2D eigenvalue weighted by atomic mass is 16.2. The molecule has 0 rings (SSSR count). The van der Waals surface area contributed by atoms with Gasteiger partial charge in [0.15, 0.2) is 0 Å². The molecule has 0 aromatic heterocycles. The van der Waals surface area contributed by atoms with Gasteiger partial charge in [-0.3, -0.25) is 4.79 Å². The average Bonchev–Trinajstić information content (AvgIpc) is 1.61. The van der Waals surface area contributed by atoms with Crippen molar-refractivity contribution in [2.24, 2.45) is 0 Å². The van der Waals surface area contributed by atoms with Gasteiger partial charge in [0.2, 0.25) is 6.41 Å². The Balaban J connectivity index is 2.85. The van der Waals surface area contributed by atoms with Crippen molar-refractivity contribution in [3.05, 3.63) is 12.5 Å². The number of rotatable bonds is 2. The van der Waals surface area contributed by atoms with E-state index in [4.69, 9.17) is 5.11 Å². The van der Waals surface area contributed by atoms with Gasteiger partial charge in [-0.1, -0.05) is 0 Å². The number of carbonyl (C=O) groups is 1. The van der Waals surface area contributed by atoms with Gasteiger partial charge < -0.3 is 10.4 Å². The number of nitrogens with one attached hydrogen (secondary N) is 1. The van der Waals surface area contributed by atoms with Crippen molar-refractivity contribution >= 4 is 6.41 Å². The van der Waals surface area contributed by atoms with E-state index in [1.54, 1.807) is 0 Å². The van der Waals surface area contributed by atoms with E-state index in [-0.39, 0.29) is 0 Å². The summed E-state index contributed by atoms with van der Waals surface area (Å²) in [6, 6.07) is 0. The van der Waals surface area contributed by atoms with E-state index in [9.17, 15) is 4.79 Å². The molecule has 3 nitrogen and oxygen atoms in total. The van der Waals surface area contributed by atoms with Crippen LogP contribution >= 0.6 is 0 Å². The topological polar surface area (TPSA) is 49.3 Å². The third-order valence-corrected chi connectivity index (χ3v) is 0.239. The molecule has 0 unspecified atom stereocenters. The summed E-state index contributed by atoms with van der Waals surface area (Å²) >= 11 is 0. The lowest BCUT2D eigenvalue weighted by Crippen LogP contribution is -1.97. The Morgan fingerprint density at radius 1 is 1.67 bits per heavy atom. The number of aliphatic hydroxyl groups excluding tert-OH is 1. The highest BCUT2D eigenvalue weighted by Crippen LogP contribution is 1.48. The van der Waals surface area contributed by atoms with E-state index in [2.05, 4.69) is 5.32 Å². The van der Waals surface area contributed by atoms with Crippen molar-refractivity contribution in [1.29, 1.82) is 0 Å². The molecule has 34 valence electrons. The summed E-state index contributed by atoms with van der Waals surface area (Å²) in [7, 11) is 0. The number of carbonyl (C=O) groups excluding carboxylic acids is 1. The van der Waals surface area contributed by atoms with Gasteiger partial charge in [0.05, 0.1) is 6.26 Å². The lowest BCUT2D eigenvalue weighted by molar-refractivity contribution is -0.108. The summed E-state index contributed by atoms with van der Waals surface area (Å²) in [5.74, 6) is 0. The van der Waals surface area contributed by atoms with Crippen LogP contribution in [0.25, 0.3) is 0 Å². The molecular weight excluding hydrogens is 82.0 g/mol. The van der Waals surface area contributed by atoms with Gasteiger partial charge in [-0.05, 0) is 0 Å². The van der Waals surface area contributed by atoms with Crippen molar-refractivity contribution < 1.29 is 9.90 Å². The maximum atomic E-state index is 9.29. The first kappa shape index (κ1) is 5.01. The lowest BCUT2D eigenvalue weighted by atomic mass is 10.9. The third kappa shape index (κ3) is 3.01. The van der Waals surface area contributed by atoms with E-state index >= 15 is 0 Å². The maximum Gasteiger partial charge on any atom is 0.211 e. The highest BCUT2D eigenvalue weighted by molar-refractivity contribution is 5.47. The van der Waals surface area contributed by atoms with Gasteiger partial charge in [0.25, 0.3) is 0 Å². The zero-order valence-electron chi connectivity index (χ0n) is 3.09. The minimum Gasteiger partial charge on any atom is -0.514 e. The molecule has 3 heteroatoms. The fraction of sp³-hybridized carbons (Fsp3) is 0. The standard InChI is InChI=1S/C3H5NO2/c5-2-1-4-3-6/h1-3,5H,(H,4,6). The van der Waals surface area contributed by atoms with Crippen LogP contribution in [0.15, 0.2) is 12.5 Å². The van der Waals surface area contributed by atoms with Crippen LogP contribution in [0.3, 0.4) is 0 Å². The Morgan fingerprint density at radius 2 is 2.33 bits per heavy atom. The second-order valence-electron chi connectivity index (χ2n) is 0.600. The van der Waals surface area contributed by atoms with Crippen molar-refractivity contribution in [2.45, 2.75) is 0 Å². The normalized spacial score (nSPS) is 8.67. The van der Waals surface area contributed by atoms with Gasteiger partial charge in [-0.25, -0.2) is 0 Å². The van der Waals surface area contributed by atoms with E-state index in [1.807, 2.05) is 0 Å². The lowest BCUT2D eigenvalue weighted by Gasteiger charge is -1.74. The van der Waals surface area contributed by atoms with E-state index in [1.165, 1.54) is 0 Å². The van der Waals surface area contributed by atoms with E-state index < -0.39 is 0 Å². The summed E-state index contributed by atoms with van der Waals surface area (Å²) in [6.45, 7) is 0. The van der Waals surface area contributed by atoms with Crippen molar-refractivity contribution in [3.63, 3.8) is 0 Å². The molecule has 6 heavy (non-hydrogen) atoms. The smallest absolute Gasteiger partial charge is 0.211 e. The molecule has 0 bridgehead atoms. The molecule has 0 atom stereocenters. The first-order chi connectivity index (χ1) is 2.91. The SMILES string of the molecule is O=CNC=CO. The van der Waals surface area contributed by atoms with Crippen LogP contribution < -0.4 is 5.32 Å². The van der Waals surface area contributed by atoms with Crippen LogP contribution in [-0.2, 0) is 4.79 Å². The fourth-order valence-electron chi connectivity index (χ4n) is 0.0823. The number of hydrogen-bond acceptors (Lipinski definition) is 2. The zero-order valence-corrected chi connectivity index (χ0v) is 3.09. The van der Waals surface area contributed by atoms with Crippen molar-refractivity contribution in [3.8, 4) is 0 Å². The summed E-state index contributed by atoms with van der Waals surface area (Å²) in [4.78, 5) is 9.29. The summed E-state index contributed by atoms with van der Waals surface area (Å²) in [6.07, 6.45) is 2.33. The number of amides is 1. The summed E-state index contributed by atoms with van der Waals surface area (Å²) in [5.41, 5.74) is 0. The van der Waals surface area contributed by atoms with Crippen LogP contribution in [0.5, 0.6) is 0 Å². The predicted octanol–water partition coefficient (Wildman–Crippen LogP) is -0.238. The summed E-state index contributed by atoms with van der Waals surface area (Å²) < 4.78 is 0. The highest BCUT2D eigenvalue weighted by Gasteiger charge is 1.57. The predicted molar refractivity (Wildman–Crippen MR) is 21.0 cm³/mol. The second-order valence-corrected chi connectivity index (χ2v) is 0.600. The third-order valence-electron chi connectivity index (χ3n) is 0.239. The quantitative estimate of drug-likeness (QED) is 0.361. The van der Waals surface area contributed by atoms with Crippen LogP contribution in [0.2, 0.25) is 0 Å². The average molecular weight is 87.1 g/mol. The van der Waals surface area contributed by atoms with Crippen LogP contribution in [0.4, 0.5) is 0 Å². The first-order valence-corrected chi connectivity index (χ1v) is 1.40. The van der Waals surface area contributed by atoms with Gasteiger partial charge in [0.1, 0.15) is 0 Å². The summed E-state index contributed by atoms with van der Waals surface area (Å²) in [5, 5.41) is 9.88. The number of hydrogen-bond donors (Lipinski definition) is 2. The minimum atomic E-state index is 0.465. The molecule has 0 heterocycles. The Bertz CT molecular complexity index is 59.8. The molecule has 0 aliphatic rings. The van der Waals surface area contributed by atoms with Crippen molar-refractivity contribution in [2.75, 3.05) is 0 Å². The Morgan fingerprint density at radius 3 is 2.50 bits per heavy atom. The fourth-order valence-corrected chi connectivity index (χ4v) is 0.0823. The molecule has 0 radical (unpaired) electrons. The molecule has 0 spiro atoms. The van der Waals surface area contributed by atoms with E-state index in [0.717, 1.165) is 12.5 Å². The molecule has 0 saturated heterocycles. The van der Waals surface area contributed by atoms with Crippen LogP contribution in [-0.4, -0.2) is 11.5 Å². The minimum absolute atomic E-state index is 0.465. The van der Waals surface area contributed by atoms with Crippen molar-refractivity contribution in [1.82, 2.24) is 5.32 Å². The Labute approximate surface area is 35.3 Å². The van der Waals surface area contributed by atoms with Crippen LogP contribution in [0, 0.1) is 0 Å². The number of aliphatic hydroxyl groups is 1.